The first-order chi connectivity index (χ1) is 19.9. The number of nitrogens with zero attached hydrogens (tertiary/aromatic N) is 1. The minimum atomic E-state index is -3.25. The summed E-state index contributed by atoms with van der Waals surface area (Å²) >= 11 is 0. The Bertz CT molecular complexity index is 1650. The van der Waals surface area contributed by atoms with Crippen molar-refractivity contribution in [3.8, 4) is 11.1 Å². The van der Waals surface area contributed by atoms with Crippen molar-refractivity contribution >= 4 is 22.6 Å². The van der Waals surface area contributed by atoms with Crippen molar-refractivity contribution in [2.45, 2.75) is 52.4 Å². The van der Waals surface area contributed by atoms with Crippen LogP contribution in [0.4, 0.5) is 8.78 Å². The molecule has 42 heavy (non-hydrogen) atoms. The standard InChI is InChI=1S/C19H17NO3.C15H19F2NO/c1-11-4-5-14(19(22)23-3)10-17(11)13-6-7-16-15(9-13)8-12(2)20-18(16)21;1-11-3-5-12(6-4-11)13-7-9-18(10-8-13)14(19)15(2,16)17/h4-10H,1-3H3,(H,20,21);3-6,13H,7-10H2,1-2H3. The Morgan fingerprint density at radius 3 is 2.21 bits per heavy atom. The number of methoxy groups -OCH3 is 1. The van der Waals surface area contributed by atoms with E-state index >= 15 is 0 Å². The molecule has 4 aromatic rings. The number of benzene rings is 3. The van der Waals surface area contributed by atoms with Crippen LogP contribution in [0.5, 0.6) is 0 Å². The average molecular weight is 575 g/mol. The Morgan fingerprint density at radius 2 is 1.60 bits per heavy atom. The van der Waals surface area contributed by atoms with Gasteiger partial charge in [-0.25, -0.2) is 4.79 Å². The van der Waals surface area contributed by atoms with Crippen molar-refractivity contribution in [1.82, 2.24) is 9.88 Å². The zero-order valence-electron chi connectivity index (χ0n) is 24.6. The number of fused-ring (bicyclic) bond motifs is 1. The first-order valence-corrected chi connectivity index (χ1v) is 13.9. The van der Waals surface area contributed by atoms with Crippen LogP contribution in [0.25, 0.3) is 21.9 Å². The number of alkyl halides is 2. The Labute approximate surface area is 244 Å². The number of esters is 1. The lowest BCUT2D eigenvalue weighted by atomic mass is 9.89. The number of amides is 1. The summed E-state index contributed by atoms with van der Waals surface area (Å²) in [6.45, 7) is 7.39. The van der Waals surface area contributed by atoms with E-state index in [1.54, 1.807) is 6.07 Å². The number of aromatic nitrogens is 1. The van der Waals surface area contributed by atoms with Crippen molar-refractivity contribution in [1.29, 1.82) is 0 Å². The van der Waals surface area contributed by atoms with Gasteiger partial charge in [0.1, 0.15) is 0 Å². The SMILES string of the molecule is COC(=O)c1ccc(C)c(-c2ccc3c(=O)[nH]c(C)cc3c2)c1.Cc1ccc(C2CCN(C(=O)C(C)(F)F)CC2)cc1. The van der Waals surface area contributed by atoms with E-state index in [1.165, 1.54) is 23.1 Å². The Balaban J connectivity index is 0.000000197. The van der Waals surface area contributed by atoms with Gasteiger partial charge in [0.2, 0.25) is 0 Å². The van der Waals surface area contributed by atoms with Gasteiger partial charge in [0.15, 0.2) is 0 Å². The normalized spacial score (nSPS) is 13.8. The molecule has 2 heterocycles. The molecular formula is C34H36F2N2O4. The first kappa shape index (κ1) is 30.6. The lowest BCUT2D eigenvalue weighted by Gasteiger charge is -2.33. The van der Waals surface area contributed by atoms with Crippen LogP contribution in [0, 0.1) is 20.8 Å². The molecule has 0 radical (unpaired) electrons. The maximum Gasteiger partial charge on any atom is 0.337 e. The number of H-pyrrole nitrogens is 1. The third-order valence-electron chi connectivity index (χ3n) is 7.66. The number of aromatic amines is 1. The zero-order chi connectivity index (χ0) is 30.6. The van der Waals surface area contributed by atoms with E-state index in [4.69, 9.17) is 4.74 Å². The number of likely N-dealkylation sites (tertiary alicyclic amines) is 1. The van der Waals surface area contributed by atoms with Crippen LogP contribution in [-0.4, -0.2) is 47.9 Å². The van der Waals surface area contributed by atoms with Gasteiger partial charge in [-0.05, 0) is 97.5 Å². The number of hydrogen-bond donors (Lipinski definition) is 1. The molecule has 220 valence electrons. The number of ether oxygens (including phenoxy) is 1. The van der Waals surface area contributed by atoms with Gasteiger partial charge >= 0.3 is 11.9 Å². The number of piperidine rings is 1. The van der Waals surface area contributed by atoms with Crippen molar-refractivity contribution in [3.05, 3.63) is 105 Å². The molecule has 0 aliphatic carbocycles. The average Bonchev–Trinajstić information content (AvgIpc) is 2.96. The van der Waals surface area contributed by atoms with Crippen molar-refractivity contribution in [2.75, 3.05) is 20.2 Å². The van der Waals surface area contributed by atoms with E-state index < -0.39 is 11.8 Å². The molecule has 0 spiro atoms. The minimum Gasteiger partial charge on any atom is -0.465 e. The summed E-state index contributed by atoms with van der Waals surface area (Å²) < 4.78 is 30.7. The maximum atomic E-state index is 13.0. The lowest BCUT2D eigenvalue weighted by Crippen LogP contribution is -2.45. The molecule has 1 aromatic heterocycles. The van der Waals surface area contributed by atoms with Gasteiger partial charge in [0.05, 0.1) is 12.7 Å². The predicted molar refractivity (Wildman–Crippen MR) is 161 cm³/mol. The van der Waals surface area contributed by atoms with E-state index in [9.17, 15) is 23.2 Å². The number of halogens is 2. The molecule has 0 atom stereocenters. The number of hydrogen-bond acceptors (Lipinski definition) is 4. The minimum absolute atomic E-state index is 0.0911. The largest absolute Gasteiger partial charge is 0.465 e. The van der Waals surface area contributed by atoms with E-state index in [0.29, 0.717) is 36.9 Å². The van der Waals surface area contributed by atoms with Gasteiger partial charge in [-0.3, -0.25) is 9.59 Å². The van der Waals surface area contributed by atoms with Gasteiger partial charge in [-0.1, -0.05) is 42.0 Å². The molecule has 1 aliphatic heterocycles. The fourth-order valence-corrected chi connectivity index (χ4v) is 5.28. The summed E-state index contributed by atoms with van der Waals surface area (Å²) in [4.78, 5) is 39.3. The molecule has 1 fully saturated rings. The van der Waals surface area contributed by atoms with Crippen LogP contribution in [0.15, 0.2) is 71.5 Å². The monoisotopic (exact) mass is 574 g/mol. The molecule has 8 heteroatoms. The summed E-state index contributed by atoms with van der Waals surface area (Å²) in [6, 6.07) is 21.4. The highest BCUT2D eigenvalue weighted by atomic mass is 19.3. The third kappa shape index (κ3) is 7.11. The molecule has 1 N–H and O–H groups in total. The molecule has 1 aliphatic rings. The fraction of sp³-hybridized carbons (Fsp3) is 0.324. The number of carbonyl (C=O) groups excluding carboxylic acids is 2. The van der Waals surface area contributed by atoms with Crippen molar-refractivity contribution in [2.24, 2.45) is 0 Å². The number of rotatable bonds is 4. The van der Waals surface area contributed by atoms with Crippen LogP contribution >= 0.6 is 0 Å². The first-order valence-electron chi connectivity index (χ1n) is 13.9. The highest BCUT2D eigenvalue weighted by molar-refractivity contribution is 5.93. The van der Waals surface area contributed by atoms with Crippen LogP contribution < -0.4 is 5.56 Å². The number of nitrogens with one attached hydrogen (secondary N) is 1. The number of carbonyl (C=O) groups is 2. The quantitative estimate of drug-likeness (QED) is 0.268. The molecule has 1 amide bonds. The van der Waals surface area contributed by atoms with Crippen LogP contribution in [0.2, 0.25) is 0 Å². The predicted octanol–water partition coefficient (Wildman–Crippen LogP) is 6.95. The highest BCUT2D eigenvalue weighted by Gasteiger charge is 2.38. The summed E-state index contributed by atoms with van der Waals surface area (Å²) in [5.74, 6) is -4.29. The van der Waals surface area contributed by atoms with Crippen LogP contribution in [0.3, 0.4) is 0 Å². The molecule has 3 aromatic carbocycles. The second-order valence-electron chi connectivity index (χ2n) is 11.0. The van der Waals surface area contributed by atoms with E-state index in [2.05, 4.69) is 29.2 Å². The maximum absolute atomic E-state index is 13.0. The molecule has 6 nitrogen and oxygen atoms in total. The third-order valence-corrected chi connectivity index (χ3v) is 7.66. The Morgan fingerprint density at radius 1 is 0.929 bits per heavy atom. The second-order valence-corrected chi connectivity index (χ2v) is 11.0. The smallest absolute Gasteiger partial charge is 0.337 e. The van der Waals surface area contributed by atoms with Gasteiger partial charge in [0, 0.05) is 31.1 Å². The second kappa shape index (κ2) is 12.7. The molecule has 5 rings (SSSR count). The highest BCUT2D eigenvalue weighted by Crippen LogP contribution is 2.30. The van der Waals surface area contributed by atoms with E-state index in [0.717, 1.165) is 40.6 Å². The molecular weight excluding hydrogens is 538 g/mol. The fourth-order valence-electron chi connectivity index (χ4n) is 5.28. The summed E-state index contributed by atoms with van der Waals surface area (Å²) in [6.07, 6.45) is 1.51. The van der Waals surface area contributed by atoms with Crippen LogP contribution in [-0.2, 0) is 9.53 Å². The number of aryl methyl sites for hydroxylation is 3. The Hall–Kier alpha value is -4.33. The number of pyridine rings is 1. The van der Waals surface area contributed by atoms with Gasteiger partial charge in [-0.2, -0.15) is 8.78 Å². The van der Waals surface area contributed by atoms with Gasteiger partial charge in [0.25, 0.3) is 11.5 Å². The molecule has 1 saturated heterocycles. The molecule has 0 saturated carbocycles. The summed E-state index contributed by atoms with van der Waals surface area (Å²) in [5.41, 5.74) is 6.65. The van der Waals surface area contributed by atoms with Crippen molar-refractivity contribution < 1.29 is 23.1 Å². The summed E-state index contributed by atoms with van der Waals surface area (Å²) in [5, 5.41) is 1.53. The molecule has 0 bridgehead atoms. The topological polar surface area (TPSA) is 79.5 Å². The molecule has 0 unspecified atom stereocenters. The van der Waals surface area contributed by atoms with Gasteiger partial charge in [-0.15, -0.1) is 0 Å². The van der Waals surface area contributed by atoms with Crippen molar-refractivity contribution in [3.63, 3.8) is 0 Å². The Kier molecular flexibility index (Phi) is 9.24. The van der Waals surface area contributed by atoms with Crippen LogP contribution in [0.1, 0.15) is 58.4 Å². The lowest BCUT2D eigenvalue weighted by molar-refractivity contribution is -0.155. The summed E-state index contributed by atoms with van der Waals surface area (Å²) in [7, 11) is 1.37. The van der Waals surface area contributed by atoms with Gasteiger partial charge < -0.3 is 14.6 Å². The van der Waals surface area contributed by atoms with E-state index in [-0.39, 0.29) is 11.5 Å². The van der Waals surface area contributed by atoms with E-state index in [1.807, 2.05) is 57.2 Å². The zero-order valence-corrected chi connectivity index (χ0v) is 24.6.